The fourth-order valence-electron chi connectivity index (χ4n) is 7.08. The second-order valence-corrected chi connectivity index (χ2v) is 15.3. The number of allylic oxidation sites excluding steroid dienone is 1. The molecule has 0 saturated carbocycles. The predicted octanol–water partition coefficient (Wildman–Crippen LogP) is 8.34. The summed E-state index contributed by atoms with van der Waals surface area (Å²) in [6.45, 7) is 12.6. The van der Waals surface area contributed by atoms with Gasteiger partial charge in [-0.15, -0.1) is 0 Å². The molecule has 2 N–H and O–H groups in total. The largest absolute Gasteiger partial charge is 0.478 e. The molecule has 11 heteroatoms. The van der Waals surface area contributed by atoms with Crippen LogP contribution in [0.2, 0.25) is 5.02 Å². The number of aromatic amines is 1. The standard InChI is InChI=1S/C39H46ClN5O5/c1-38(2,3)50-37(48)43(5)25-39(4)14-12-32(26-6-8-29(40)9-7-26)28(22-39)24-44-16-18-45(19-17-44)30-10-11-33(36(46)47)34(21-30)49-31-20-27-13-15-41-35(27)42-23-31/h6-11,13,15,20-21,23H,12,14,16-19,22,24-25H2,1-5H3,(H,41,42)(H,46,47). The first-order valence-electron chi connectivity index (χ1n) is 17.1. The molecule has 3 heterocycles. The van der Waals surface area contributed by atoms with Gasteiger partial charge in [-0.3, -0.25) is 4.90 Å². The zero-order chi connectivity index (χ0) is 35.6. The number of H-pyrrole nitrogens is 1. The van der Waals surface area contributed by atoms with E-state index in [1.807, 2.05) is 64.2 Å². The lowest BCUT2D eigenvalue weighted by atomic mass is 9.71. The van der Waals surface area contributed by atoms with Crippen LogP contribution in [-0.2, 0) is 4.74 Å². The molecule has 2 aromatic heterocycles. The van der Waals surface area contributed by atoms with Gasteiger partial charge in [-0.05, 0) is 93.0 Å². The molecule has 1 unspecified atom stereocenters. The van der Waals surface area contributed by atoms with Gasteiger partial charge in [-0.1, -0.05) is 36.2 Å². The Hall–Kier alpha value is -4.54. The number of fused-ring (bicyclic) bond motifs is 1. The molecular weight excluding hydrogens is 654 g/mol. The summed E-state index contributed by atoms with van der Waals surface area (Å²) < 4.78 is 11.8. The van der Waals surface area contributed by atoms with Crippen LogP contribution in [0.1, 0.15) is 62.9 Å². The van der Waals surface area contributed by atoms with Crippen molar-refractivity contribution in [3.63, 3.8) is 0 Å². The number of pyridine rings is 1. The summed E-state index contributed by atoms with van der Waals surface area (Å²) in [5.41, 5.74) is 5.06. The van der Waals surface area contributed by atoms with Crippen LogP contribution in [0, 0.1) is 5.41 Å². The number of anilines is 1. The molecule has 0 spiro atoms. The van der Waals surface area contributed by atoms with Gasteiger partial charge in [0.2, 0.25) is 0 Å². The predicted molar refractivity (Wildman–Crippen MR) is 197 cm³/mol. The molecule has 2 aromatic carbocycles. The van der Waals surface area contributed by atoms with Crippen LogP contribution < -0.4 is 9.64 Å². The highest BCUT2D eigenvalue weighted by Gasteiger charge is 2.35. The number of nitrogens with zero attached hydrogens (tertiary/aromatic N) is 4. The normalized spacial score (nSPS) is 18.7. The molecule has 2 aliphatic rings. The van der Waals surface area contributed by atoms with Crippen LogP contribution in [0.3, 0.4) is 0 Å². The molecule has 10 nitrogen and oxygen atoms in total. The second kappa shape index (κ2) is 14.4. The molecule has 4 aromatic rings. The highest BCUT2D eigenvalue weighted by atomic mass is 35.5. The Kier molecular flexibility index (Phi) is 10.1. The van der Waals surface area contributed by atoms with Crippen LogP contribution in [0.15, 0.2) is 72.6 Å². The number of piperazine rings is 1. The third-order valence-electron chi connectivity index (χ3n) is 9.51. The summed E-state index contributed by atoms with van der Waals surface area (Å²) in [5.74, 6) is -0.290. The Morgan fingerprint density at radius 3 is 2.50 bits per heavy atom. The maximum absolute atomic E-state index is 12.9. The summed E-state index contributed by atoms with van der Waals surface area (Å²) in [4.78, 5) is 38.9. The molecule has 6 rings (SSSR count). The third-order valence-corrected chi connectivity index (χ3v) is 9.76. The number of hydrogen-bond acceptors (Lipinski definition) is 7. The van der Waals surface area contributed by atoms with Gasteiger partial charge in [-0.25, -0.2) is 14.6 Å². The van der Waals surface area contributed by atoms with Crippen molar-refractivity contribution in [1.82, 2.24) is 19.8 Å². The highest BCUT2D eigenvalue weighted by Crippen LogP contribution is 2.44. The maximum Gasteiger partial charge on any atom is 0.410 e. The molecule has 1 aliphatic heterocycles. The van der Waals surface area contributed by atoms with Crippen molar-refractivity contribution in [3.05, 3.63) is 88.7 Å². The molecule has 1 saturated heterocycles. The summed E-state index contributed by atoms with van der Waals surface area (Å²) >= 11 is 6.26. The number of carbonyl (C=O) groups is 2. The fourth-order valence-corrected chi connectivity index (χ4v) is 7.21. The van der Waals surface area contributed by atoms with Gasteiger partial charge in [-0.2, -0.15) is 0 Å². The summed E-state index contributed by atoms with van der Waals surface area (Å²) in [5, 5.41) is 11.5. The smallest absolute Gasteiger partial charge is 0.410 e. The molecule has 1 atom stereocenters. The lowest BCUT2D eigenvalue weighted by Gasteiger charge is -2.42. The first-order valence-corrected chi connectivity index (χ1v) is 17.5. The minimum Gasteiger partial charge on any atom is -0.478 e. The number of carbonyl (C=O) groups excluding carboxylic acids is 1. The summed E-state index contributed by atoms with van der Waals surface area (Å²) in [6, 6.07) is 17.1. The molecule has 0 radical (unpaired) electrons. The van der Waals surface area contributed by atoms with E-state index >= 15 is 0 Å². The van der Waals surface area contributed by atoms with Gasteiger partial charge in [0.15, 0.2) is 0 Å². The summed E-state index contributed by atoms with van der Waals surface area (Å²) in [6.07, 6.45) is 5.85. The Labute approximate surface area is 298 Å². The van der Waals surface area contributed by atoms with Gasteiger partial charge >= 0.3 is 12.1 Å². The van der Waals surface area contributed by atoms with Crippen LogP contribution in [-0.4, -0.2) is 88.9 Å². The van der Waals surface area contributed by atoms with Crippen LogP contribution in [0.4, 0.5) is 10.5 Å². The van der Waals surface area contributed by atoms with Crippen molar-refractivity contribution < 1.29 is 24.2 Å². The Morgan fingerprint density at radius 2 is 1.80 bits per heavy atom. The van der Waals surface area contributed by atoms with E-state index in [1.165, 1.54) is 16.7 Å². The van der Waals surface area contributed by atoms with Gasteiger partial charge in [0.05, 0.1) is 6.20 Å². The van der Waals surface area contributed by atoms with E-state index in [4.69, 9.17) is 21.1 Å². The van der Waals surface area contributed by atoms with Crippen molar-refractivity contribution in [1.29, 1.82) is 0 Å². The zero-order valence-electron chi connectivity index (χ0n) is 29.5. The van der Waals surface area contributed by atoms with Crippen molar-refractivity contribution >= 4 is 46.0 Å². The highest BCUT2D eigenvalue weighted by molar-refractivity contribution is 6.30. The number of carboxylic acids is 1. The van der Waals surface area contributed by atoms with E-state index in [0.29, 0.717) is 12.3 Å². The Bertz CT molecular complexity index is 1890. The Morgan fingerprint density at radius 1 is 1.06 bits per heavy atom. The number of carboxylic acid groups (broad SMARTS) is 1. The number of halogens is 1. The van der Waals surface area contributed by atoms with Crippen LogP contribution in [0.25, 0.3) is 16.6 Å². The number of aromatic nitrogens is 2. The van der Waals surface area contributed by atoms with Crippen molar-refractivity contribution in [2.45, 2.75) is 52.6 Å². The first kappa shape index (κ1) is 35.3. The van der Waals surface area contributed by atoms with Gasteiger partial charge in [0, 0.05) is 74.7 Å². The number of hydrogen-bond donors (Lipinski definition) is 2. The fraction of sp³-hybridized carbons (Fsp3) is 0.410. The lowest BCUT2D eigenvalue weighted by molar-refractivity contribution is 0.0216. The number of ether oxygens (including phenoxy) is 2. The van der Waals surface area contributed by atoms with E-state index in [-0.39, 0.29) is 22.8 Å². The van der Waals surface area contributed by atoms with Gasteiger partial charge in [0.25, 0.3) is 0 Å². The van der Waals surface area contributed by atoms with Gasteiger partial charge < -0.3 is 29.4 Å². The van der Waals surface area contributed by atoms with Gasteiger partial charge in [0.1, 0.15) is 28.3 Å². The minimum atomic E-state index is -1.05. The molecule has 0 bridgehead atoms. The topological polar surface area (TPSA) is 111 Å². The summed E-state index contributed by atoms with van der Waals surface area (Å²) in [7, 11) is 1.83. The Balaban J connectivity index is 1.16. The number of amides is 1. The average Bonchev–Trinajstić information content (AvgIpc) is 3.53. The second-order valence-electron chi connectivity index (χ2n) is 14.9. The number of nitrogens with one attached hydrogen (secondary N) is 1. The molecule has 1 aliphatic carbocycles. The van der Waals surface area contributed by atoms with E-state index in [0.717, 1.165) is 73.7 Å². The minimum absolute atomic E-state index is 0.0951. The first-order chi connectivity index (χ1) is 23.7. The van der Waals surface area contributed by atoms with Crippen molar-refractivity contribution in [2.75, 3.05) is 51.2 Å². The van der Waals surface area contributed by atoms with Crippen molar-refractivity contribution in [3.8, 4) is 11.5 Å². The molecule has 1 fully saturated rings. The van der Waals surface area contributed by atoms with Crippen LogP contribution >= 0.6 is 11.6 Å². The average molecular weight is 700 g/mol. The van der Waals surface area contributed by atoms with E-state index < -0.39 is 11.6 Å². The van der Waals surface area contributed by atoms with E-state index in [2.05, 4.69) is 38.8 Å². The number of benzene rings is 2. The monoisotopic (exact) mass is 699 g/mol. The SMILES string of the molecule is CN(CC1(C)CCC(c2ccc(Cl)cc2)=C(CN2CCN(c3ccc(C(=O)O)c(Oc4cnc5[nH]ccc5c4)c3)CC2)C1)C(=O)OC(C)(C)C. The molecule has 50 heavy (non-hydrogen) atoms. The van der Waals surface area contributed by atoms with E-state index in [9.17, 15) is 14.7 Å². The molecular formula is C39H46ClN5O5. The van der Waals surface area contributed by atoms with Crippen molar-refractivity contribution in [2.24, 2.45) is 5.41 Å². The van der Waals surface area contributed by atoms with E-state index in [1.54, 1.807) is 23.4 Å². The number of aromatic carboxylic acids is 1. The maximum atomic E-state index is 12.9. The van der Waals surface area contributed by atoms with Crippen LogP contribution in [0.5, 0.6) is 11.5 Å². The number of rotatable bonds is 9. The third kappa shape index (κ3) is 8.42. The molecule has 264 valence electrons. The zero-order valence-corrected chi connectivity index (χ0v) is 30.2. The quantitative estimate of drug-likeness (QED) is 0.179. The lowest BCUT2D eigenvalue weighted by Crippen LogP contribution is -2.47. The molecule has 1 amide bonds.